The van der Waals surface area contributed by atoms with Gasteiger partial charge in [0.05, 0.1) is 0 Å². The van der Waals surface area contributed by atoms with Gasteiger partial charge in [0, 0.05) is 5.56 Å². The topological polar surface area (TPSA) is 29.5 Å². The maximum Gasteiger partial charge on any atom is 0.131 e. The molecule has 0 unspecified atom stereocenters. The Kier molecular flexibility index (Phi) is 5.93. The number of aryl methyl sites for hydroxylation is 1. The Morgan fingerprint density at radius 1 is 1.17 bits per heavy atom. The maximum atomic E-state index is 9.71. The molecule has 0 radical (unpaired) electrons. The van der Waals surface area contributed by atoms with Crippen LogP contribution in [0.1, 0.15) is 64.5 Å². The average Bonchev–Trinajstić information content (AvgIpc) is 2.48. The predicted molar refractivity (Wildman–Crippen MR) is 103 cm³/mol. The number of hydrogen-bond donors (Lipinski definition) is 1. The van der Waals surface area contributed by atoms with Crippen molar-refractivity contribution in [2.24, 2.45) is 0 Å². The lowest BCUT2D eigenvalue weighted by atomic mass is 9.93. The third kappa shape index (κ3) is 5.02. The van der Waals surface area contributed by atoms with Crippen molar-refractivity contribution >= 4 is 6.08 Å². The van der Waals surface area contributed by atoms with Gasteiger partial charge in [-0.1, -0.05) is 29.4 Å². The summed E-state index contributed by atoms with van der Waals surface area (Å²) in [7, 11) is 0. The molecule has 24 heavy (non-hydrogen) atoms. The highest BCUT2D eigenvalue weighted by atomic mass is 16.5. The van der Waals surface area contributed by atoms with Crippen LogP contribution in [-0.2, 0) is 0 Å². The van der Waals surface area contributed by atoms with Crippen molar-refractivity contribution in [1.82, 2.24) is 0 Å². The summed E-state index contributed by atoms with van der Waals surface area (Å²) in [6.07, 6.45) is 13.0. The molecule has 1 aromatic rings. The van der Waals surface area contributed by atoms with Crippen molar-refractivity contribution in [1.29, 1.82) is 0 Å². The van der Waals surface area contributed by atoms with Crippen LogP contribution in [0.25, 0.3) is 6.08 Å². The number of ether oxygens (including phenoxy) is 1. The molecule has 2 nitrogen and oxygen atoms in total. The van der Waals surface area contributed by atoms with Gasteiger partial charge in [-0.3, -0.25) is 0 Å². The number of phenols is 1. The van der Waals surface area contributed by atoms with Gasteiger partial charge in [-0.2, -0.15) is 0 Å². The predicted octanol–water partition coefficient (Wildman–Crippen LogP) is 6.34. The van der Waals surface area contributed by atoms with Crippen LogP contribution >= 0.6 is 0 Å². The van der Waals surface area contributed by atoms with Crippen LogP contribution in [0.15, 0.2) is 41.5 Å². The summed E-state index contributed by atoms with van der Waals surface area (Å²) in [6.45, 7) is 10.6. The Bertz CT molecular complexity index is 675. The molecule has 0 saturated heterocycles. The van der Waals surface area contributed by atoms with E-state index < -0.39 is 0 Å². The zero-order valence-corrected chi connectivity index (χ0v) is 15.6. The highest BCUT2D eigenvalue weighted by molar-refractivity contribution is 5.65. The number of fused-ring (bicyclic) bond motifs is 1. The van der Waals surface area contributed by atoms with Crippen molar-refractivity contribution < 1.29 is 9.84 Å². The van der Waals surface area contributed by atoms with Gasteiger partial charge in [-0.05, 0) is 84.1 Å². The van der Waals surface area contributed by atoms with Crippen molar-refractivity contribution in [2.75, 3.05) is 0 Å². The minimum absolute atomic E-state index is 0.286. The number of rotatable bonds is 6. The summed E-state index contributed by atoms with van der Waals surface area (Å²) < 4.78 is 6.26. The van der Waals surface area contributed by atoms with Gasteiger partial charge in [0.1, 0.15) is 17.1 Å². The molecule has 1 heterocycles. The molecule has 1 atom stereocenters. The Morgan fingerprint density at radius 2 is 1.92 bits per heavy atom. The number of hydrogen-bond acceptors (Lipinski definition) is 2. The molecule has 0 amide bonds. The Hall–Kier alpha value is -1.96. The van der Waals surface area contributed by atoms with E-state index in [1.54, 1.807) is 12.1 Å². The number of aromatic hydroxyl groups is 1. The summed E-state index contributed by atoms with van der Waals surface area (Å²) in [5.41, 5.74) is 4.48. The monoisotopic (exact) mass is 326 g/mol. The van der Waals surface area contributed by atoms with Crippen LogP contribution in [0.3, 0.4) is 0 Å². The highest BCUT2D eigenvalue weighted by Crippen LogP contribution is 2.38. The molecule has 0 fully saturated rings. The second kappa shape index (κ2) is 7.74. The molecular formula is C22H30O2. The molecule has 0 spiro atoms. The minimum atomic E-state index is -0.286. The van der Waals surface area contributed by atoms with E-state index in [-0.39, 0.29) is 11.4 Å². The summed E-state index contributed by atoms with van der Waals surface area (Å²) in [4.78, 5) is 0. The van der Waals surface area contributed by atoms with E-state index in [9.17, 15) is 5.11 Å². The molecule has 1 aromatic carbocycles. The summed E-state index contributed by atoms with van der Waals surface area (Å²) >= 11 is 0. The van der Waals surface area contributed by atoms with Gasteiger partial charge in [0.2, 0.25) is 0 Å². The van der Waals surface area contributed by atoms with Gasteiger partial charge in [-0.25, -0.2) is 0 Å². The summed E-state index contributed by atoms with van der Waals surface area (Å²) in [5, 5.41) is 9.71. The summed E-state index contributed by atoms with van der Waals surface area (Å²) in [6, 6.07) is 3.51. The smallest absolute Gasteiger partial charge is 0.131 e. The molecule has 0 aromatic heterocycles. The van der Waals surface area contributed by atoms with Crippen LogP contribution < -0.4 is 4.74 Å². The van der Waals surface area contributed by atoms with Crippen molar-refractivity contribution in [3.63, 3.8) is 0 Å². The fourth-order valence-corrected chi connectivity index (χ4v) is 3.01. The third-order valence-electron chi connectivity index (χ3n) is 4.46. The minimum Gasteiger partial charge on any atom is -0.508 e. The molecule has 2 rings (SSSR count). The van der Waals surface area contributed by atoms with E-state index in [0.717, 1.165) is 42.6 Å². The first kappa shape index (κ1) is 18.4. The van der Waals surface area contributed by atoms with Crippen LogP contribution in [0.4, 0.5) is 0 Å². The van der Waals surface area contributed by atoms with E-state index in [2.05, 4.69) is 52.0 Å². The van der Waals surface area contributed by atoms with E-state index in [1.165, 1.54) is 11.1 Å². The van der Waals surface area contributed by atoms with Gasteiger partial charge in [0.25, 0.3) is 0 Å². The van der Waals surface area contributed by atoms with Crippen molar-refractivity contribution in [3.8, 4) is 11.5 Å². The highest BCUT2D eigenvalue weighted by Gasteiger charge is 2.27. The van der Waals surface area contributed by atoms with Crippen LogP contribution in [-0.4, -0.2) is 10.7 Å². The Balaban J connectivity index is 1.95. The summed E-state index contributed by atoms with van der Waals surface area (Å²) in [5.74, 6) is 1.18. The first-order valence-corrected chi connectivity index (χ1v) is 8.80. The molecule has 0 saturated carbocycles. The second-order valence-electron chi connectivity index (χ2n) is 7.34. The standard InChI is InChI=1S/C22H30O2/c1-16(2)8-6-9-17(3)10-7-12-22(5)13-11-19-15-20(23)14-18(4)21(19)24-22/h8,10-11,13-15,23H,6-7,9,12H2,1-5H3/t22-/m0/s1. The van der Waals surface area contributed by atoms with Crippen molar-refractivity contribution in [2.45, 2.75) is 65.9 Å². The van der Waals surface area contributed by atoms with E-state index in [0.29, 0.717) is 0 Å². The first-order chi connectivity index (χ1) is 11.3. The molecule has 1 aliphatic heterocycles. The normalized spacial score (nSPS) is 19.6. The van der Waals surface area contributed by atoms with E-state index in [4.69, 9.17) is 4.74 Å². The third-order valence-corrected chi connectivity index (χ3v) is 4.46. The molecular weight excluding hydrogens is 296 g/mol. The largest absolute Gasteiger partial charge is 0.508 e. The van der Waals surface area contributed by atoms with E-state index >= 15 is 0 Å². The quantitative estimate of drug-likeness (QED) is 0.618. The van der Waals surface area contributed by atoms with Crippen LogP contribution in [0.5, 0.6) is 11.5 Å². The van der Waals surface area contributed by atoms with E-state index in [1.807, 2.05) is 6.92 Å². The lowest BCUT2D eigenvalue weighted by Crippen LogP contribution is -2.32. The fraction of sp³-hybridized carbons (Fsp3) is 0.455. The van der Waals surface area contributed by atoms with Crippen LogP contribution in [0, 0.1) is 6.92 Å². The number of benzene rings is 1. The fourth-order valence-electron chi connectivity index (χ4n) is 3.01. The molecule has 1 N–H and O–H groups in total. The Morgan fingerprint density at radius 3 is 2.62 bits per heavy atom. The van der Waals surface area contributed by atoms with Gasteiger partial charge >= 0.3 is 0 Å². The van der Waals surface area contributed by atoms with Gasteiger partial charge < -0.3 is 9.84 Å². The molecule has 0 bridgehead atoms. The lowest BCUT2D eigenvalue weighted by molar-refractivity contribution is 0.127. The van der Waals surface area contributed by atoms with Gasteiger partial charge in [0.15, 0.2) is 0 Å². The maximum absolute atomic E-state index is 9.71. The molecule has 2 heteroatoms. The number of allylic oxidation sites excluding steroid dienone is 4. The molecule has 0 aliphatic carbocycles. The lowest BCUT2D eigenvalue weighted by Gasteiger charge is -2.32. The molecule has 1 aliphatic rings. The van der Waals surface area contributed by atoms with Gasteiger partial charge in [-0.15, -0.1) is 0 Å². The second-order valence-corrected chi connectivity index (χ2v) is 7.34. The SMILES string of the molecule is CC(C)=CCCC(C)=CCC[C@@]1(C)C=Cc2cc(O)cc(C)c2O1. The zero-order valence-electron chi connectivity index (χ0n) is 15.6. The number of phenolic OH excluding ortho intramolecular Hbond substituents is 1. The van der Waals surface area contributed by atoms with Crippen molar-refractivity contribution in [3.05, 3.63) is 52.6 Å². The zero-order chi connectivity index (χ0) is 17.7. The molecule has 130 valence electrons. The first-order valence-electron chi connectivity index (χ1n) is 8.80. The average molecular weight is 326 g/mol. The van der Waals surface area contributed by atoms with Crippen LogP contribution in [0.2, 0.25) is 0 Å². The Labute approximate surface area is 146 Å².